The normalized spacial score (nSPS) is 12.5. The minimum atomic E-state index is -0.484. The summed E-state index contributed by atoms with van der Waals surface area (Å²) in [6.45, 7) is 7.86. The largest absolute Gasteiger partial charge is 0.504 e. The molecule has 1 atom stereocenters. The second-order valence-electron chi connectivity index (χ2n) is 7.24. The minimum absolute atomic E-state index is 0.158. The maximum absolute atomic E-state index is 11.0. The number of nitrogens with one attached hydrogen (secondary N) is 1. The first-order valence-electron chi connectivity index (χ1n) is 8.98. The Morgan fingerprint density at radius 2 is 2.00 bits per heavy atom. The molecule has 1 heterocycles. The third kappa shape index (κ3) is 3.06. The number of aromatic hydroxyl groups is 1. The quantitative estimate of drug-likeness (QED) is 0.579. The van der Waals surface area contributed by atoms with E-state index < -0.39 is 6.10 Å². The van der Waals surface area contributed by atoms with Crippen molar-refractivity contribution in [3.05, 3.63) is 46.5 Å². The maximum atomic E-state index is 11.0. The molecule has 3 rings (SSSR count). The standard InChI is InChI=1S/C22H27NO3/c1-12(2)9-10-15-7-6-8-17-18(15)19-20(23-17)16(11-13(3)24)14(4)22(26-5)21(19)25/h6-9,13,23-25H,10-11H2,1-5H3/t13-/m1/s1. The average molecular weight is 353 g/mol. The van der Waals surface area contributed by atoms with Crippen LogP contribution in [0.2, 0.25) is 0 Å². The van der Waals surface area contributed by atoms with Crippen LogP contribution in [0.15, 0.2) is 29.8 Å². The zero-order valence-electron chi connectivity index (χ0n) is 16.1. The molecule has 0 aliphatic heterocycles. The van der Waals surface area contributed by atoms with Gasteiger partial charge in [-0.1, -0.05) is 23.8 Å². The number of H-pyrrole nitrogens is 1. The zero-order chi connectivity index (χ0) is 19.0. The van der Waals surface area contributed by atoms with Crippen LogP contribution in [0.3, 0.4) is 0 Å². The van der Waals surface area contributed by atoms with Gasteiger partial charge in [0.2, 0.25) is 0 Å². The lowest BCUT2D eigenvalue weighted by molar-refractivity contribution is 0.195. The van der Waals surface area contributed by atoms with E-state index >= 15 is 0 Å². The van der Waals surface area contributed by atoms with E-state index in [4.69, 9.17) is 4.74 Å². The third-order valence-corrected chi connectivity index (χ3v) is 4.89. The predicted molar refractivity (Wildman–Crippen MR) is 107 cm³/mol. The molecule has 3 aromatic rings. The van der Waals surface area contributed by atoms with Gasteiger partial charge >= 0.3 is 0 Å². The first-order valence-corrected chi connectivity index (χ1v) is 8.98. The molecule has 1 aromatic heterocycles. The van der Waals surface area contributed by atoms with E-state index in [2.05, 4.69) is 31.0 Å². The van der Waals surface area contributed by atoms with Crippen LogP contribution in [0.1, 0.15) is 37.5 Å². The fourth-order valence-electron chi connectivity index (χ4n) is 3.69. The summed E-state index contributed by atoms with van der Waals surface area (Å²) in [4.78, 5) is 3.47. The maximum Gasteiger partial charge on any atom is 0.168 e. The van der Waals surface area contributed by atoms with Gasteiger partial charge in [-0.25, -0.2) is 0 Å². The number of aliphatic hydroxyl groups is 1. The van der Waals surface area contributed by atoms with Crippen molar-refractivity contribution >= 4 is 21.8 Å². The minimum Gasteiger partial charge on any atom is -0.504 e. The highest BCUT2D eigenvalue weighted by molar-refractivity contribution is 6.14. The fourth-order valence-corrected chi connectivity index (χ4v) is 3.69. The van der Waals surface area contributed by atoms with Crippen LogP contribution in [0.4, 0.5) is 0 Å². The van der Waals surface area contributed by atoms with Crippen LogP contribution in [0.5, 0.6) is 11.5 Å². The predicted octanol–water partition coefficient (Wildman–Crippen LogP) is 4.78. The molecule has 0 spiro atoms. The molecule has 0 amide bonds. The molecule has 138 valence electrons. The van der Waals surface area contributed by atoms with Crippen molar-refractivity contribution < 1.29 is 14.9 Å². The van der Waals surface area contributed by atoms with Crippen molar-refractivity contribution in [1.82, 2.24) is 4.98 Å². The summed E-state index contributed by atoms with van der Waals surface area (Å²) in [6, 6.07) is 6.14. The second kappa shape index (κ2) is 7.04. The number of phenolic OH excluding ortho intramolecular Hbond substituents is 1. The first-order chi connectivity index (χ1) is 12.3. The summed E-state index contributed by atoms with van der Waals surface area (Å²) >= 11 is 0. The zero-order valence-corrected chi connectivity index (χ0v) is 16.1. The number of rotatable bonds is 5. The summed E-state index contributed by atoms with van der Waals surface area (Å²) in [5.74, 6) is 0.635. The smallest absolute Gasteiger partial charge is 0.168 e. The third-order valence-electron chi connectivity index (χ3n) is 4.89. The molecule has 4 nitrogen and oxygen atoms in total. The van der Waals surface area contributed by atoms with Gasteiger partial charge in [-0.15, -0.1) is 0 Å². The van der Waals surface area contributed by atoms with E-state index in [1.165, 1.54) is 5.57 Å². The van der Waals surface area contributed by atoms with Gasteiger partial charge < -0.3 is 19.9 Å². The number of methoxy groups -OCH3 is 1. The van der Waals surface area contributed by atoms with Gasteiger partial charge in [-0.2, -0.15) is 0 Å². The number of aliphatic hydroxyl groups excluding tert-OH is 1. The molecule has 0 unspecified atom stereocenters. The number of hydrogen-bond donors (Lipinski definition) is 3. The lowest BCUT2D eigenvalue weighted by Crippen LogP contribution is -2.07. The summed E-state index contributed by atoms with van der Waals surface area (Å²) in [7, 11) is 1.57. The number of phenols is 1. The summed E-state index contributed by atoms with van der Waals surface area (Å²) in [5.41, 5.74) is 6.11. The second-order valence-corrected chi connectivity index (χ2v) is 7.24. The van der Waals surface area contributed by atoms with Gasteiger partial charge in [-0.3, -0.25) is 0 Å². The average Bonchev–Trinajstić information content (AvgIpc) is 2.97. The van der Waals surface area contributed by atoms with Gasteiger partial charge in [0, 0.05) is 22.9 Å². The summed E-state index contributed by atoms with van der Waals surface area (Å²) in [6.07, 6.45) is 3.00. The molecule has 0 saturated heterocycles. The molecule has 26 heavy (non-hydrogen) atoms. The Kier molecular flexibility index (Phi) is 4.97. The van der Waals surface area contributed by atoms with E-state index in [0.717, 1.165) is 44.9 Å². The fraction of sp³-hybridized carbons (Fsp3) is 0.364. The van der Waals surface area contributed by atoms with E-state index in [1.54, 1.807) is 14.0 Å². The van der Waals surface area contributed by atoms with Crippen LogP contribution in [-0.4, -0.2) is 28.4 Å². The first kappa shape index (κ1) is 18.3. The van der Waals surface area contributed by atoms with Crippen molar-refractivity contribution in [1.29, 1.82) is 0 Å². The molecular weight excluding hydrogens is 326 g/mol. The Morgan fingerprint density at radius 3 is 2.62 bits per heavy atom. The lowest BCUT2D eigenvalue weighted by atomic mass is 9.95. The molecule has 3 N–H and O–H groups in total. The Bertz CT molecular complexity index is 992. The van der Waals surface area contributed by atoms with Crippen molar-refractivity contribution in [2.45, 2.75) is 46.6 Å². The Morgan fingerprint density at radius 1 is 1.27 bits per heavy atom. The molecule has 0 bridgehead atoms. The van der Waals surface area contributed by atoms with Crippen LogP contribution in [-0.2, 0) is 12.8 Å². The Labute approximate surface area is 154 Å². The van der Waals surface area contributed by atoms with Crippen LogP contribution < -0.4 is 4.74 Å². The number of benzene rings is 2. The number of fused-ring (bicyclic) bond motifs is 3. The molecular formula is C22H27NO3. The highest BCUT2D eigenvalue weighted by atomic mass is 16.5. The molecule has 0 saturated carbocycles. The molecule has 0 aliphatic rings. The highest BCUT2D eigenvalue weighted by Gasteiger charge is 2.22. The molecule has 0 fully saturated rings. The van der Waals surface area contributed by atoms with Crippen LogP contribution in [0, 0.1) is 6.92 Å². The van der Waals surface area contributed by atoms with Gasteiger partial charge in [0.15, 0.2) is 11.5 Å². The number of allylic oxidation sites excluding steroid dienone is 2. The van der Waals surface area contributed by atoms with Crippen LogP contribution >= 0.6 is 0 Å². The summed E-state index contributed by atoms with van der Waals surface area (Å²) < 4.78 is 5.51. The Balaban J connectivity index is 2.42. The Hall–Kier alpha value is -2.46. The van der Waals surface area contributed by atoms with Gasteiger partial charge in [-0.05, 0) is 51.3 Å². The van der Waals surface area contributed by atoms with Crippen molar-refractivity contribution in [2.24, 2.45) is 0 Å². The number of aromatic nitrogens is 1. The van der Waals surface area contributed by atoms with Gasteiger partial charge in [0.25, 0.3) is 0 Å². The van der Waals surface area contributed by atoms with Crippen molar-refractivity contribution in [2.75, 3.05) is 7.11 Å². The number of aromatic amines is 1. The van der Waals surface area contributed by atoms with Crippen molar-refractivity contribution in [3.63, 3.8) is 0 Å². The van der Waals surface area contributed by atoms with E-state index in [9.17, 15) is 10.2 Å². The molecule has 4 heteroatoms. The monoisotopic (exact) mass is 353 g/mol. The topological polar surface area (TPSA) is 65.5 Å². The van der Waals surface area contributed by atoms with E-state index in [1.807, 2.05) is 19.1 Å². The van der Waals surface area contributed by atoms with E-state index in [-0.39, 0.29) is 5.75 Å². The number of ether oxygens (including phenoxy) is 1. The molecule has 0 aliphatic carbocycles. The lowest BCUT2D eigenvalue weighted by Gasteiger charge is -2.16. The molecule has 2 aromatic carbocycles. The molecule has 0 radical (unpaired) electrons. The van der Waals surface area contributed by atoms with Crippen molar-refractivity contribution in [3.8, 4) is 11.5 Å². The van der Waals surface area contributed by atoms with E-state index in [0.29, 0.717) is 12.2 Å². The highest BCUT2D eigenvalue weighted by Crippen LogP contribution is 2.45. The SMILES string of the molecule is COc1c(C)c(C[C@@H](C)O)c2[nH]c3cccc(CC=C(C)C)c3c2c1O. The van der Waals surface area contributed by atoms with Gasteiger partial charge in [0.1, 0.15) is 0 Å². The van der Waals surface area contributed by atoms with Gasteiger partial charge in [0.05, 0.1) is 24.1 Å². The summed E-state index contributed by atoms with van der Waals surface area (Å²) in [5, 5.41) is 22.7. The number of hydrogen-bond acceptors (Lipinski definition) is 3. The van der Waals surface area contributed by atoms with Crippen LogP contribution in [0.25, 0.3) is 21.8 Å².